The summed E-state index contributed by atoms with van der Waals surface area (Å²) in [7, 11) is 0. The Morgan fingerprint density at radius 2 is 0.891 bits per heavy atom. The topological polar surface area (TPSA) is 52.6 Å². The van der Waals surface area contributed by atoms with Crippen LogP contribution in [0, 0.1) is 25.7 Å². The number of carbonyl (C=O) groups is 2. The number of ketones is 2. The second-order valence-corrected chi connectivity index (χ2v) is 13.6. The molecule has 2 saturated heterocycles. The number of halogens is 2. The smallest absolute Gasteiger partial charge is 0.137 e. The molecule has 2 unspecified atom stereocenters. The third-order valence-corrected chi connectivity index (χ3v) is 9.52. The van der Waals surface area contributed by atoms with E-state index in [1.165, 1.54) is 22.3 Å². The maximum Gasteiger partial charge on any atom is 0.137 e. The Balaban J connectivity index is 0.000000181. The first-order valence-corrected chi connectivity index (χ1v) is 16.8. The molecule has 6 rings (SSSR count). The zero-order valence-corrected chi connectivity index (χ0v) is 28.1. The standard InChI is InChI=1S/2C20H21ClO2/c2*1-14-2-6-16(7-3-14)20-13-23-12-17(20)11-19(22)10-15-4-8-18(21)9-5-15/h2*2-9,17,20H,10-13H2,1H3/t2*17?,20-/m00/s1. The summed E-state index contributed by atoms with van der Waals surface area (Å²) in [6.07, 6.45) is 2.07. The van der Waals surface area contributed by atoms with E-state index in [4.69, 9.17) is 32.7 Å². The van der Waals surface area contributed by atoms with Gasteiger partial charge in [0.2, 0.25) is 0 Å². The summed E-state index contributed by atoms with van der Waals surface area (Å²) in [4.78, 5) is 24.8. The molecule has 2 aliphatic heterocycles. The zero-order chi connectivity index (χ0) is 32.5. The number of hydrogen-bond donors (Lipinski definition) is 0. The van der Waals surface area contributed by atoms with Gasteiger partial charge in [0.15, 0.2) is 0 Å². The van der Waals surface area contributed by atoms with Crippen molar-refractivity contribution in [3.8, 4) is 0 Å². The summed E-state index contributed by atoms with van der Waals surface area (Å²) in [5.74, 6) is 1.73. The third kappa shape index (κ3) is 9.86. The molecule has 2 fully saturated rings. The van der Waals surface area contributed by atoms with Crippen molar-refractivity contribution in [3.05, 3.63) is 140 Å². The molecule has 240 valence electrons. The first-order valence-electron chi connectivity index (χ1n) is 16.0. The van der Waals surface area contributed by atoms with Crippen LogP contribution in [0.1, 0.15) is 58.1 Å². The Kier molecular flexibility index (Phi) is 12.2. The molecule has 0 saturated carbocycles. The van der Waals surface area contributed by atoms with Gasteiger partial charge in [-0.1, -0.05) is 107 Å². The number of carbonyl (C=O) groups excluding carboxylic acids is 2. The molecule has 0 radical (unpaired) electrons. The molecule has 46 heavy (non-hydrogen) atoms. The molecular weight excluding hydrogens is 615 g/mol. The zero-order valence-electron chi connectivity index (χ0n) is 26.6. The first-order chi connectivity index (χ1) is 22.2. The van der Waals surface area contributed by atoms with Gasteiger partial charge in [-0.2, -0.15) is 0 Å². The van der Waals surface area contributed by atoms with Crippen molar-refractivity contribution in [2.24, 2.45) is 11.8 Å². The van der Waals surface area contributed by atoms with Gasteiger partial charge in [0.05, 0.1) is 26.4 Å². The van der Waals surface area contributed by atoms with Gasteiger partial charge >= 0.3 is 0 Å². The van der Waals surface area contributed by atoms with Crippen molar-refractivity contribution in [2.75, 3.05) is 26.4 Å². The molecule has 2 aliphatic rings. The van der Waals surface area contributed by atoms with Crippen molar-refractivity contribution in [1.82, 2.24) is 0 Å². The summed E-state index contributed by atoms with van der Waals surface area (Å²) < 4.78 is 11.3. The molecule has 0 spiro atoms. The first kappa shape index (κ1) is 34.1. The molecule has 4 aromatic carbocycles. The molecule has 0 amide bonds. The molecule has 0 bridgehead atoms. The van der Waals surface area contributed by atoms with E-state index >= 15 is 0 Å². The molecule has 4 atom stereocenters. The van der Waals surface area contributed by atoms with Crippen molar-refractivity contribution in [1.29, 1.82) is 0 Å². The van der Waals surface area contributed by atoms with Crippen LogP contribution < -0.4 is 0 Å². The lowest BCUT2D eigenvalue weighted by molar-refractivity contribution is -0.120. The number of benzene rings is 4. The largest absolute Gasteiger partial charge is 0.380 e. The lowest BCUT2D eigenvalue weighted by Crippen LogP contribution is -2.16. The average molecular weight is 658 g/mol. The van der Waals surface area contributed by atoms with Crippen LogP contribution in [0.4, 0.5) is 0 Å². The van der Waals surface area contributed by atoms with E-state index in [2.05, 4.69) is 62.4 Å². The van der Waals surface area contributed by atoms with Gasteiger partial charge in [0.25, 0.3) is 0 Å². The monoisotopic (exact) mass is 656 g/mol. The van der Waals surface area contributed by atoms with Gasteiger partial charge in [-0.05, 0) is 72.2 Å². The maximum atomic E-state index is 12.4. The Hall–Kier alpha value is -3.28. The number of ether oxygens (including phenoxy) is 2. The van der Waals surface area contributed by atoms with Gasteiger partial charge in [-0.3, -0.25) is 9.59 Å². The number of aryl methyl sites for hydroxylation is 2. The fraction of sp³-hybridized carbons (Fsp3) is 0.350. The van der Waals surface area contributed by atoms with Crippen molar-refractivity contribution in [2.45, 2.75) is 51.4 Å². The van der Waals surface area contributed by atoms with Crippen molar-refractivity contribution < 1.29 is 19.1 Å². The molecule has 0 N–H and O–H groups in total. The van der Waals surface area contributed by atoms with Gasteiger partial charge in [-0.25, -0.2) is 0 Å². The quantitative estimate of drug-likeness (QED) is 0.171. The minimum absolute atomic E-state index is 0.264. The van der Waals surface area contributed by atoms with Crippen LogP contribution in [-0.4, -0.2) is 38.0 Å². The Labute approximate surface area is 283 Å². The highest BCUT2D eigenvalue weighted by molar-refractivity contribution is 6.30. The molecule has 4 nitrogen and oxygen atoms in total. The number of Topliss-reactive ketones (excluding diaryl/α,β-unsaturated/α-hetero) is 2. The lowest BCUT2D eigenvalue weighted by Gasteiger charge is -2.17. The Morgan fingerprint density at radius 1 is 0.543 bits per heavy atom. The summed E-state index contributed by atoms with van der Waals surface area (Å²) in [6, 6.07) is 32.1. The van der Waals surface area contributed by atoms with E-state index in [0.717, 1.165) is 11.1 Å². The summed E-state index contributed by atoms with van der Waals surface area (Å²) >= 11 is 11.8. The summed E-state index contributed by atoms with van der Waals surface area (Å²) in [5.41, 5.74) is 7.09. The molecule has 6 heteroatoms. The van der Waals surface area contributed by atoms with Crippen LogP contribution in [0.15, 0.2) is 97.1 Å². The highest BCUT2D eigenvalue weighted by atomic mass is 35.5. The Bertz CT molecular complexity index is 1440. The van der Waals surface area contributed by atoms with Crippen LogP contribution in [0.3, 0.4) is 0 Å². The van der Waals surface area contributed by atoms with E-state index in [-0.39, 0.29) is 23.4 Å². The summed E-state index contributed by atoms with van der Waals surface area (Å²) in [6.45, 7) is 6.93. The lowest BCUT2D eigenvalue weighted by atomic mass is 9.84. The second kappa shape index (κ2) is 16.5. The highest BCUT2D eigenvalue weighted by Crippen LogP contribution is 2.35. The van der Waals surface area contributed by atoms with E-state index in [1.807, 2.05) is 48.5 Å². The minimum atomic E-state index is 0.264. The third-order valence-electron chi connectivity index (χ3n) is 9.02. The van der Waals surface area contributed by atoms with Gasteiger partial charge < -0.3 is 9.47 Å². The highest BCUT2D eigenvalue weighted by Gasteiger charge is 2.32. The van der Waals surface area contributed by atoms with Crippen LogP contribution >= 0.6 is 23.2 Å². The van der Waals surface area contributed by atoms with Crippen LogP contribution in [-0.2, 0) is 31.9 Å². The molecule has 2 heterocycles. The van der Waals surface area contributed by atoms with E-state index in [1.54, 1.807) is 0 Å². The summed E-state index contributed by atoms with van der Waals surface area (Å²) in [5, 5.41) is 1.40. The molecule has 0 aromatic heterocycles. The van der Waals surface area contributed by atoms with Gasteiger partial charge in [0.1, 0.15) is 11.6 Å². The van der Waals surface area contributed by atoms with Gasteiger partial charge in [0, 0.05) is 47.6 Å². The van der Waals surface area contributed by atoms with Crippen molar-refractivity contribution >= 4 is 34.8 Å². The fourth-order valence-electron chi connectivity index (χ4n) is 6.35. The number of hydrogen-bond acceptors (Lipinski definition) is 4. The van der Waals surface area contributed by atoms with Crippen molar-refractivity contribution in [3.63, 3.8) is 0 Å². The maximum absolute atomic E-state index is 12.4. The molecule has 4 aromatic rings. The van der Waals surface area contributed by atoms with Crippen LogP contribution in [0.5, 0.6) is 0 Å². The van der Waals surface area contributed by atoms with E-state index < -0.39 is 0 Å². The number of rotatable bonds is 10. The predicted octanol–water partition coefficient (Wildman–Crippen LogP) is 9.16. The van der Waals surface area contributed by atoms with Gasteiger partial charge in [-0.15, -0.1) is 0 Å². The average Bonchev–Trinajstić information content (AvgIpc) is 3.70. The Morgan fingerprint density at radius 3 is 1.24 bits per heavy atom. The predicted molar refractivity (Wildman–Crippen MR) is 186 cm³/mol. The van der Waals surface area contributed by atoms with E-state index in [9.17, 15) is 9.59 Å². The molecular formula is C40H42Cl2O4. The normalized spacial score (nSPS) is 20.6. The second-order valence-electron chi connectivity index (χ2n) is 12.7. The minimum Gasteiger partial charge on any atom is -0.380 e. The van der Waals surface area contributed by atoms with E-state index in [0.29, 0.717) is 74.0 Å². The van der Waals surface area contributed by atoms with Crippen LogP contribution in [0.2, 0.25) is 10.0 Å². The molecule has 0 aliphatic carbocycles. The fourth-order valence-corrected chi connectivity index (χ4v) is 6.60. The van der Waals surface area contributed by atoms with Crippen LogP contribution in [0.25, 0.3) is 0 Å². The SMILES string of the molecule is Cc1ccc([C@@H]2COCC2CC(=O)Cc2ccc(Cl)cc2)cc1.Cc1ccc([C@@H]2COCC2CC(=O)Cc2ccc(Cl)cc2)cc1.